The number of hydrogen-bond acceptors (Lipinski definition) is 3. The zero-order chi connectivity index (χ0) is 16.3. The van der Waals surface area contributed by atoms with E-state index in [-0.39, 0.29) is 11.9 Å². The first-order valence-corrected chi connectivity index (χ1v) is 8.93. The molecule has 0 aliphatic carbocycles. The lowest BCUT2D eigenvalue weighted by Crippen LogP contribution is -2.39. The predicted octanol–water partition coefficient (Wildman–Crippen LogP) is 5.28. The van der Waals surface area contributed by atoms with Crippen molar-refractivity contribution in [3.05, 3.63) is 49.0 Å². The fraction of sp³-hybridized carbons (Fsp3) is 0.267. The van der Waals surface area contributed by atoms with Crippen LogP contribution in [0.5, 0.6) is 0 Å². The number of carbonyl (C=O) groups is 1. The molecule has 0 bridgehead atoms. The molecule has 7 heteroatoms. The summed E-state index contributed by atoms with van der Waals surface area (Å²) in [6.07, 6.45) is 0. The van der Waals surface area contributed by atoms with Crippen molar-refractivity contribution in [1.29, 1.82) is 0 Å². The summed E-state index contributed by atoms with van der Waals surface area (Å²) in [5.41, 5.74) is 0.526. The SMILES string of the molecule is CC(C(=O)Nc1cc(Cl)ccc1Cl)N(C)Cc1ccc(Br)s1. The van der Waals surface area contributed by atoms with Gasteiger partial charge in [0.15, 0.2) is 0 Å². The van der Waals surface area contributed by atoms with E-state index in [1.807, 2.05) is 31.0 Å². The molecule has 1 aromatic carbocycles. The molecule has 1 heterocycles. The quantitative estimate of drug-likeness (QED) is 0.712. The number of amides is 1. The van der Waals surface area contributed by atoms with Crippen molar-refractivity contribution in [3.63, 3.8) is 0 Å². The Labute approximate surface area is 152 Å². The third-order valence-electron chi connectivity index (χ3n) is 3.26. The average molecular weight is 422 g/mol. The number of anilines is 1. The van der Waals surface area contributed by atoms with Gasteiger partial charge in [0, 0.05) is 16.4 Å². The van der Waals surface area contributed by atoms with Crippen molar-refractivity contribution in [2.75, 3.05) is 12.4 Å². The Morgan fingerprint density at radius 2 is 2.09 bits per heavy atom. The lowest BCUT2D eigenvalue weighted by Gasteiger charge is -2.23. The zero-order valence-corrected chi connectivity index (χ0v) is 16.0. The molecule has 0 fully saturated rings. The van der Waals surface area contributed by atoms with Gasteiger partial charge in [-0.25, -0.2) is 0 Å². The molecule has 0 aliphatic heterocycles. The van der Waals surface area contributed by atoms with Gasteiger partial charge in [0.2, 0.25) is 5.91 Å². The minimum Gasteiger partial charge on any atom is -0.323 e. The van der Waals surface area contributed by atoms with Gasteiger partial charge in [-0.05, 0) is 60.2 Å². The lowest BCUT2D eigenvalue weighted by molar-refractivity contribution is -0.120. The van der Waals surface area contributed by atoms with Gasteiger partial charge in [-0.2, -0.15) is 0 Å². The number of nitrogens with zero attached hydrogens (tertiary/aromatic N) is 1. The van der Waals surface area contributed by atoms with Crippen molar-refractivity contribution < 1.29 is 4.79 Å². The second kappa shape index (κ2) is 7.79. The second-order valence-electron chi connectivity index (χ2n) is 4.91. The van der Waals surface area contributed by atoms with E-state index in [0.717, 1.165) is 3.79 Å². The molecular weight excluding hydrogens is 407 g/mol. The van der Waals surface area contributed by atoms with Crippen molar-refractivity contribution in [2.24, 2.45) is 0 Å². The van der Waals surface area contributed by atoms with Gasteiger partial charge in [0.1, 0.15) is 0 Å². The number of nitrogens with one attached hydrogen (secondary N) is 1. The van der Waals surface area contributed by atoms with E-state index in [9.17, 15) is 4.79 Å². The fourth-order valence-electron chi connectivity index (χ4n) is 1.85. The highest BCUT2D eigenvalue weighted by Crippen LogP contribution is 2.26. The van der Waals surface area contributed by atoms with Crippen LogP contribution in [-0.4, -0.2) is 23.9 Å². The molecule has 0 radical (unpaired) electrons. The normalized spacial score (nSPS) is 12.5. The molecule has 1 atom stereocenters. The van der Waals surface area contributed by atoms with Gasteiger partial charge < -0.3 is 5.32 Å². The Bertz CT molecular complexity index is 677. The third kappa shape index (κ3) is 4.70. The number of likely N-dealkylation sites (N-methyl/N-ethyl adjacent to an activating group) is 1. The highest BCUT2D eigenvalue weighted by atomic mass is 79.9. The van der Waals surface area contributed by atoms with E-state index in [2.05, 4.69) is 21.2 Å². The molecule has 118 valence electrons. The van der Waals surface area contributed by atoms with Crippen molar-refractivity contribution in [1.82, 2.24) is 4.90 Å². The van der Waals surface area contributed by atoms with E-state index >= 15 is 0 Å². The maximum atomic E-state index is 12.4. The largest absolute Gasteiger partial charge is 0.323 e. The first-order chi connectivity index (χ1) is 10.4. The smallest absolute Gasteiger partial charge is 0.241 e. The molecule has 0 aliphatic rings. The van der Waals surface area contributed by atoms with Crippen molar-refractivity contribution in [2.45, 2.75) is 19.5 Å². The summed E-state index contributed by atoms with van der Waals surface area (Å²) in [5.74, 6) is -0.123. The second-order valence-corrected chi connectivity index (χ2v) is 8.30. The van der Waals surface area contributed by atoms with Crippen LogP contribution >= 0.6 is 50.5 Å². The van der Waals surface area contributed by atoms with Crippen LogP contribution in [-0.2, 0) is 11.3 Å². The summed E-state index contributed by atoms with van der Waals surface area (Å²) in [7, 11) is 1.91. The minimum atomic E-state index is -0.295. The lowest BCUT2D eigenvalue weighted by atomic mass is 10.2. The van der Waals surface area contributed by atoms with Crippen LogP contribution in [0.1, 0.15) is 11.8 Å². The summed E-state index contributed by atoms with van der Waals surface area (Å²) < 4.78 is 1.08. The summed E-state index contributed by atoms with van der Waals surface area (Å²) in [5, 5.41) is 3.82. The number of rotatable bonds is 5. The molecule has 22 heavy (non-hydrogen) atoms. The zero-order valence-electron chi connectivity index (χ0n) is 12.1. The molecule has 3 nitrogen and oxygen atoms in total. The van der Waals surface area contributed by atoms with E-state index in [4.69, 9.17) is 23.2 Å². The summed E-state index contributed by atoms with van der Waals surface area (Å²) in [4.78, 5) is 15.5. The molecule has 1 amide bonds. The maximum Gasteiger partial charge on any atom is 0.241 e. The van der Waals surface area contributed by atoms with Crippen LogP contribution in [0.4, 0.5) is 5.69 Å². The van der Waals surface area contributed by atoms with E-state index in [0.29, 0.717) is 22.3 Å². The maximum absolute atomic E-state index is 12.4. The van der Waals surface area contributed by atoms with E-state index in [1.165, 1.54) is 4.88 Å². The first kappa shape index (κ1) is 17.8. The van der Waals surface area contributed by atoms with Gasteiger partial charge >= 0.3 is 0 Å². The molecule has 1 aromatic heterocycles. The molecule has 0 spiro atoms. The Balaban J connectivity index is 2.00. The number of benzene rings is 1. The van der Waals surface area contributed by atoms with Crippen molar-refractivity contribution in [3.8, 4) is 0 Å². The summed E-state index contributed by atoms with van der Waals surface area (Å²) >= 11 is 17.1. The van der Waals surface area contributed by atoms with Gasteiger partial charge in [-0.1, -0.05) is 23.2 Å². The van der Waals surface area contributed by atoms with Crippen molar-refractivity contribution >= 4 is 62.1 Å². The number of carbonyl (C=O) groups excluding carboxylic acids is 1. The predicted molar refractivity (Wildman–Crippen MR) is 98.0 cm³/mol. The Morgan fingerprint density at radius 3 is 2.73 bits per heavy atom. The van der Waals surface area contributed by atoms with Crippen LogP contribution in [0.15, 0.2) is 34.1 Å². The van der Waals surface area contributed by atoms with Crippen LogP contribution in [0.25, 0.3) is 0 Å². The third-order valence-corrected chi connectivity index (χ3v) is 5.43. The average Bonchev–Trinajstić information content (AvgIpc) is 2.87. The van der Waals surface area contributed by atoms with E-state index in [1.54, 1.807) is 29.5 Å². The standard InChI is InChI=1S/C15H15BrCl2N2OS/c1-9(20(2)8-11-4-6-14(16)22-11)15(21)19-13-7-10(17)3-5-12(13)18/h3-7,9H,8H2,1-2H3,(H,19,21). The van der Waals surface area contributed by atoms with Gasteiger partial charge in [-0.15, -0.1) is 11.3 Å². The van der Waals surface area contributed by atoms with Gasteiger partial charge in [0.25, 0.3) is 0 Å². The minimum absolute atomic E-state index is 0.123. The van der Waals surface area contributed by atoms with Crippen LogP contribution in [0.2, 0.25) is 10.0 Å². The van der Waals surface area contributed by atoms with Gasteiger partial charge in [0.05, 0.1) is 20.5 Å². The molecule has 1 N–H and O–H groups in total. The molecule has 0 saturated heterocycles. The fourth-order valence-corrected chi connectivity index (χ4v) is 3.73. The molecular formula is C15H15BrCl2N2OS. The Hall–Kier alpha value is -0.590. The monoisotopic (exact) mass is 420 g/mol. The van der Waals surface area contributed by atoms with Gasteiger partial charge in [-0.3, -0.25) is 9.69 Å². The first-order valence-electron chi connectivity index (χ1n) is 6.57. The topological polar surface area (TPSA) is 32.3 Å². The Morgan fingerprint density at radius 1 is 1.36 bits per heavy atom. The molecule has 2 rings (SSSR count). The highest BCUT2D eigenvalue weighted by molar-refractivity contribution is 9.11. The number of hydrogen-bond donors (Lipinski definition) is 1. The van der Waals surface area contributed by atoms with Crippen LogP contribution in [0, 0.1) is 0 Å². The summed E-state index contributed by atoms with van der Waals surface area (Å²) in [6.45, 7) is 2.56. The van der Waals surface area contributed by atoms with Crippen LogP contribution in [0.3, 0.4) is 0 Å². The van der Waals surface area contributed by atoms with Crippen LogP contribution < -0.4 is 5.32 Å². The highest BCUT2D eigenvalue weighted by Gasteiger charge is 2.19. The molecule has 1 unspecified atom stereocenters. The summed E-state index contributed by atoms with van der Waals surface area (Å²) in [6, 6.07) is 8.75. The molecule has 0 saturated carbocycles. The number of halogens is 3. The molecule has 2 aromatic rings. The Kier molecular flexibility index (Phi) is 6.29. The van der Waals surface area contributed by atoms with E-state index < -0.39 is 0 Å². The number of thiophene rings is 1.